The number of aliphatic hydroxyl groups excluding tert-OH is 2. The molecule has 0 aliphatic carbocycles. The van der Waals surface area contributed by atoms with E-state index in [1.54, 1.807) is 13.2 Å². The van der Waals surface area contributed by atoms with Gasteiger partial charge in [-0.05, 0) is 19.8 Å². The Hall–Kier alpha value is -1.57. The van der Waals surface area contributed by atoms with Gasteiger partial charge in [0.1, 0.15) is 11.1 Å². The van der Waals surface area contributed by atoms with Gasteiger partial charge in [0, 0.05) is 51.0 Å². The molecule has 12 heteroatoms. The van der Waals surface area contributed by atoms with E-state index in [4.69, 9.17) is 27.2 Å². The Balaban J connectivity index is 0.000000292. The first kappa shape index (κ1) is 24.5. The SMILES string of the molecule is CC(N)C1CCOC(CO)C1O.CN(N)/C=C(\N)CCc1nnc(N(C)F)s1. The third kappa shape index (κ3) is 8.20. The van der Waals surface area contributed by atoms with Gasteiger partial charge in [-0.3, -0.25) is 0 Å². The fourth-order valence-corrected chi connectivity index (χ4v) is 3.39. The van der Waals surface area contributed by atoms with Crippen LogP contribution < -0.4 is 22.4 Å². The number of aromatic nitrogens is 2. The molecule has 1 aliphatic rings. The number of aliphatic hydroxyl groups is 2. The zero-order chi connectivity index (χ0) is 21.3. The summed E-state index contributed by atoms with van der Waals surface area (Å²) in [4.78, 5) is 0. The number of rotatable bonds is 7. The van der Waals surface area contributed by atoms with Gasteiger partial charge in [0.05, 0.1) is 12.7 Å². The fraction of sp³-hybridized carbons (Fsp3) is 0.750. The number of ether oxygens (including phenoxy) is 1. The van der Waals surface area contributed by atoms with Crippen LogP contribution in [0, 0.1) is 5.92 Å². The molecule has 1 aliphatic heterocycles. The average Bonchev–Trinajstić information content (AvgIpc) is 3.09. The second kappa shape index (κ2) is 12.1. The van der Waals surface area contributed by atoms with Gasteiger partial charge in [-0.2, -0.15) is 5.12 Å². The number of allylic oxidation sites excluding steroid dienone is 1. The Morgan fingerprint density at radius 3 is 2.64 bits per heavy atom. The largest absolute Gasteiger partial charge is 0.401 e. The topological polar surface area (TPSA) is 160 Å². The molecule has 1 aromatic heterocycles. The zero-order valence-electron chi connectivity index (χ0n) is 16.5. The summed E-state index contributed by atoms with van der Waals surface area (Å²) < 4.78 is 17.9. The van der Waals surface area contributed by atoms with E-state index in [1.807, 2.05) is 6.92 Å². The lowest BCUT2D eigenvalue weighted by molar-refractivity contribution is -0.125. The summed E-state index contributed by atoms with van der Waals surface area (Å²) in [5, 5.41) is 28.8. The molecule has 2 rings (SSSR count). The van der Waals surface area contributed by atoms with E-state index < -0.39 is 12.2 Å². The number of anilines is 1. The summed E-state index contributed by atoms with van der Waals surface area (Å²) >= 11 is 1.20. The molecule has 1 fully saturated rings. The molecule has 10 nitrogen and oxygen atoms in total. The van der Waals surface area contributed by atoms with Crippen LogP contribution in [-0.2, 0) is 11.2 Å². The smallest absolute Gasteiger partial charge is 0.235 e. The van der Waals surface area contributed by atoms with Gasteiger partial charge in [-0.25, -0.2) is 5.84 Å². The number of aryl methyl sites for hydroxylation is 1. The standard InChI is InChI=1S/C8H15FN6S.C8H17NO3/c1-14(11)5-6(10)3-4-7-12-13-8(16-7)15(2)9;1-5(9)6-2-3-12-7(4-10)8(6)11/h5H,3-4,10-11H2,1-2H3;5-8,10-11H,2-4,9H2,1H3/b6-5-;. The summed E-state index contributed by atoms with van der Waals surface area (Å²) in [6, 6.07) is -0.0436. The van der Waals surface area contributed by atoms with Crippen LogP contribution in [0.5, 0.6) is 0 Å². The highest BCUT2D eigenvalue weighted by Crippen LogP contribution is 2.23. The Morgan fingerprint density at radius 1 is 1.46 bits per heavy atom. The van der Waals surface area contributed by atoms with E-state index in [2.05, 4.69) is 10.2 Å². The van der Waals surface area contributed by atoms with Crippen molar-refractivity contribution in [2.75, 3.05) is 32.4 Å². The molecule has 0 bridgehead atoms. The molecule has 1 saturated heterocycles. The minimum atomic E-state index is -0.622. The number of hydrazine groups is 1. The molecule has 2 heterocycles. The molecule has 0 spiro atoms. The van der Waals surface area contributed by atoms with Crippen LogP contribution in [0.1, 0.15) is 24.8 Å². The summed E-state index contributed by atoms with van der Waals surface area (Å²) in [5.74, 6) is 5.45. The van der Waals surface area contributed by atoms with Crippen LogP contribution in [0.25, 0.3) is 0 Å². The van der Waals surface area contributed by atoms with Gasteiger partial charge in [-0.15, -0.1) is 10.2 Å². The highest BCUT2D eigenvalue weighted by molar-refractivity contribution is 7.15. The van der Waals surface area contributed by atoms with Crippen molar-refractivity contribution in [3.63, 3.8) is 0 Å². The summed E-state index contributed by atoms with van der Waals surface area (Å²) in [6.07, 6.45) is 2.57. The Kier molecular flexibility index (Phi) is 10.6. The van der Waals surface area contributed by atoms with E-state index in [0.29, 0.717) is 30.3 Å². The second-order valence-electron chi connectivity index (χ2n) is 6.72. The molecule has 162 valence electrons. The van der Waals surface area contributed by atoms with Crippen LogP contribution in [0.4, 0.5) is 9.61 Å². The van der Waals surface area contributed by atoms with Crippen molar-refractivity contribution in [2.24, 2.45) is 23.2 Å². The minimum Gasteiger partial charge on any atom is -0.401 e. The Bertz CT molecular complexity index is 601. The third-order valence-electron chi connectivity index (χ3n) is 4.17. The molecular formula is C16H32FN7O3S. The van der Waals surface area contributed by atoms with Crippen LogP contribution in [0.2, 0.25) is 0 Å². The number of hydrogen-bond donors (Lipinski definition) is 5. The summed E-state index contributed by atoms with van der Waals surface area (Å²) in [7, 11) is 2.97. The first-order valence-electron chi connectivity index (χ1n) is 8.97. The second-order valence-corrected chi connectivity index (χ2v) is 7.76. The van der Waals surface area contributed by atoms with Crippen LogP contribution in [0.15, 0.2) is 11.9 Å². The first-order chi connectivity index (χ1) is 13.1. The quantitative estimate of drug-likeness (QED) is 0.220. The highest BCUT2D eigenvalue weighted by Gasteiger charge is 2.34. The van der Waals surface area contributed by atoms with Gasteiger partial charge in [0.2, 0.25) is 5.13 Å². The highest BCUT2D eigenvalue weighted by atomic mass is 32.1. The number of halogens is 1. The lowest BCUT2D eigenvalue weighted by Crippen LogP contribution is -2.49. The lowest BCUT2D eigenvalue weighted by Gasteiger charge is -2.35. The van der Waals surface area contributed by atoms with Crippen molar-refractivity contribution in [3.8, 4) is 0 Å². The predicted molar refractivity (Wildman–Crippen MR) is 107 cm³/mol. The van der Waals surface area contributed by atoms with E-state index in [1.165, 1.54) is 23.4 Å². The van der Waals surface area contributed by atoms with Gasteiger partial charge in [-0.1, -0.05) is 15.8 Å². The maximum absolute atomic E-state index is 12.7. The summed E-state index contributed by atoms with van der Waals surface area (Å²) in [5.41, 5.74) is 12.0. The van der Waals surface area contributed by atoms with E-state index in [9.17, 15) is 9.59 Å². The molecule has 0 aromatic carbocycles. The third-order valence-corrected chi connectivity index (χ3v) is 5.21. The van der Waals surface area contributed by atoms with Crippen molar-refractivity contribution in [1.82, 2.24) is 15.2 Å². The van der Waals surface area contributed by atoms with Crippen molar-refractivity contribution in [2.45, 2.75) is 44.4 Å². The monoisotopic (exact) mass is 421 g/mol. The van der Waals surface area contributed by atoms with Crippen molar-refractivity contribution in [1.29, 1.82) is 0 Å². The van der Waals surface area contributed by atoms with Gasteiger partial charge in [0.15, 0.2) is 0 Å². The van der Waals surface area contributed by atoms with E-state index >= 15 is 0 Å². The van der Waals surface area contributed by atoms with Crippen LogP contribution in [0.3, 0.4) is 0 Å². The van der Waals surface area contributed by atoms with E-state index in [-0.39, 0.29) is 23.7 Å². The lowest BCUT2D eigenvalue weighted by atomic mass is 9.87. The number of nitrogens with two attached hydrogens (primary N) is 3. The normalized spacial score (nSPS) is 23.6. The van der Waals surface area contributed by atoms with Crippen molar-refractivity contribution < 1.29 is 19.4 Å². The van der Waals surface area contributed by atoms with Gasteiger partial charge >= 0.3 is 0 Å². The maximum Gasteiger partial charge on any atom is 0.235 e. The Morgan fingerprint density at radius 2 is 2.14 bits per heavy atom. The summed E-state index contributed by atoms with van der Waals surface area (Å²) in [6.45, 7) is 2.31. The molecule has 1 aromatic rings. The average molecular weight is 422 g/mol. The number of nitrogens with zero attached hydrogens (tertiary/aromatic N) is 4. The molecule has 8 N–H and O–H groups in total. The fourth-order valence-electron chi connectivity index (χ4n) is 2.68. The molecule has 4 atom stereocenters. The Labute approximate surface area is 168 Å². The maximum atomic E-state index is 12.7. The van der Waals surface area contributed by atoms with Crippen LogP contribution >= 0.6 is 11.3 Å². The van der Waals surface area contributed by atoms with Gasteiger partial charge < -0.3 is 31.4 Å². The predicted octanol–water partition coefficient (Wildman–Crippen LogP) is -0.511. The minimum absolute atomic E-state index is 0.0436. The molecular weight excluding hydrogens is 389 g/mol. The van der Waals surface area contributed by atoms with Crippen LogP contribution in [-0.4, -0.2) is 71.0 Å². The zero-order valence-corrected chi connectivity index (χ0v) is 17.3. The van der Waals surface area contributed by atoms with Crippen molar-refractivity contribution in [3.05, 3.63) is 16.9 Å². The molecule has 0 saturated carbocycles. The molecule has 0 amide bonds. The molecule has 0 radical (unpaired) electrons. The van der Waals surface area contributed by atoms with E-state index in [0.717, 1.165) is 11.4 Å². The first-order valence-corrected chi connectivity index (χ1v) is 9.79. The van der Waals surface area contributed by atoms with Crippen molar-refractivity contribution >= 4 is 16.5 Å². The van der Waals surface area contributed by atoms with Gasteiger partial charge in [0.25, 0.3) is 0 Å². The molecule has 28 heavy (non-hydrogen) atoms. The molecule has 4 unspecified atom stereocenters. The number of hydrogen-bond acceptors (Lipinski definition) is 11.